The highest BCUT2D eigenvalue weighted by atomic mass is 16.7. The molecule has 1 aromatic carbocycles. The van der Waals surface area contributed by atoms with Crippen LogP contribution >= 0.6 is 0 Å². The van der Waals surface area contributed by atoms with Crippen LogP contribution in [0, 0.1) is 0 Å². The average Bonchev–Trinajstić information content (AvgIpc) is 2.85. The van der Waals surface area contributed by atoms with E-state index in [1.807, 2.05) is 12.1 Å². The molecule has 0 spiro atoms. The zero-order chi connectivity index (χ0) is 12.5. The first kappa shape index (κ1) is 11.8. The molecule has 2 atom stereocenters. The van der Waals surface area contributed by atoms with Crippen LogP contribution in [-0.4, -0.2) is 44.5 Å². The Hall–Kier alpha value is -1.30. The van der Waals surface area contributed by atoms with Crippen molar-refractivity contribution in [2.24, 2.45) is 5.73 Å². The van der Waals surface area contributed by atoms with Crippen molar-refractivity contribution < 1.29 is 14.2 Å². The lowest BCUT2D eigenvalue weighted by Gasteiger charge is -2.37. The van der Waals surface area contributed by atoms with Crippen LogP contribution in [0.1, 0.15) is 11.6 Å². The fourth-order valence-electron chi connectivity index (χ4n) is 2.47. The van der Waals surface area contributed by atoms with E-state index in [0.717, 1.165) is 18.0 Å². The van der Waals surface area contributed by atoms with Crippen LogP contribution in [0.3, 0.4) is 0 Å². The van der Waals surface area contributed by atoms with Crippen LogP contribution in [0.5, 0.6) is 11.5 Å². The van der Waals surface area contributed by atoms with Gasteiger partial charge in [0.2, 0.25) is 6.79 Å². The molecule has 3 rings (SSSR count). The van der Waals surface area contributed by atoms with E-state index in [2.05, 4.69) is 18.0 Å². The van der Waals surface area contributed by atoms with Crippen molar-refractivity contribution in [3.05, 3.63) is 23.8 Å². The normalized spacial score (nSPS) is 27.4. The molecular formula is C13H18N2O3. The number of ether oxygens (including phenoxy) is 3. The Morgan fingerprint density at radius 2 is 2.17 bits per heavy atom. The highest BCUT2D eigenvalue weighted by Gasteiger charge is 2.27. The Morgan fingerprint density at radius 3 is 2.94 bits per heavy atom. The molecule has 5 heteroatoms. The van der Waals surface area contributed by atoms with Crippen molar-refractivity contribution in [2.75, 3.05) is 33.5 Å². The lowest BCUT2D eigenvalue weighted by Crippen LogP contribution is -2.45. The van der Waals surface area contributed by atoms with Gasteiger partial charge in [0.1, 0.15) is 0 Å². The smallest absolute Gasteiger partial charge is 0.231 e. The van der Waals surface area contributed by atoms with Gasteiger partial charge >= 0.3 is 0 Å². The Bertz CT molecular complexity index is 438. The summed E-state index contributed by atoms with van der Waals surface area (Å²) in [6, 6.07) is 6.32. The van der Waals surface area contributed by atoms with Crippen molar-refractivity contribution in [2.45, 2.75) is 12.1 Å². The minimum Gasteiger partial charge on any atom is -0.454 e. The van der Waals surface area contributed by atoms with E-state index in [4.69, 9.17) is 19.9 Å². The second-order valence-corrected chi connectivity index (χ2v) is 4.76. The maximum atomic E-state index is 5.75. The number of nitrogens with zero attached hydrogens (tertiary/aromatic N) is 1. The van der Waals surface area contributed by atoms with Crippen molar-refractivity contribution in [3.63, 3.8) is 0 Å². The number of rotatable bonds is 2. The zero-order valence-corrected chi connectivity index (χ0v) is 10.5. The van der Waals surface area contributed by atoms with Gasteiger partial charge in [-0.25, -0.2) is 0 Å². The summed E-state index contributed by atoms with van der Waals surface area (Å²) < 4.78 is 16.5. The van der Waals surface area contributed by atoms with Crippen molar-refractivity contribution in [1.29, 1.82) is 0 Å². The molecule has 18 heavy (non-hydrogen) atoms. The van der Waals surface area contributed by atoms with Gasteiger partial charge in [0.15, 0.2) is 11.5 Å². The quantitative estimate of drug-likeness (QED) is 0.839. The molecule has 1 fully saturated rings. The standard InChI is InChI=1S/C13H18N2O3/c1-15-6-10(5-14)16-7-11(15)9-2-3-12-13(4-9)18-8-17-12/h2-4,10-11H,5-8,14H2,1H3. The molecule has 2 aliphatic heterocycles. The van der Waals surface area contributed by atoms with Gasteiger partial charge in [-0.2, -0.15) is 0 Å². The maximum Gasteiger partial charge on any atom is 0.231 e. The maximum absolute atomic E-state index is 5.75. The van der Waals surface area contributed by atoms with Crippen LogP contribution in [0.25, 0.3) is 0 Å². The van der Waals surface area contributed by atoms with E-state index in [1.165, 1.54) is 5.56 Å². The van der Waals surface area contributed by atoms with Gasteiger partial charge in [-0.05, 0) is 24.7 Å². The largest absolute Gasteiger partial charge is 0.454 e. The van der Waals surface area contributed by atoms with Crippen LogP contribution in [-0.2, 0) is 4.74 Å². The predicted octanol–water partition coefficient (Wildman–Crippen LogP) is 0.746. The third-order valence-corrected chi connectivity index (χ3v) is 3.56. The number of hydrogen-bond donors (Lipinski definition) is 1. The second-order valence-electron chi connectivity index (χ2n) is 4.76. The minimum absolute atomic E-state index is 0.139. The summed E-state index contributed by atoms with van der Waals surface area (Å²) in [5.41, 5.74) is 6.83. The Labute approximate surface area is 106 Å². The Balaban J connectivity index is 1.78. The van der Waals surface area contributed by atoms with E-state index >= 15 is 0 Å². The van der Waals surface area contributed by atoms with Gasteiger partial charge in [0, 0.05) is 13.1 Å². The topological polar surface area (TPSA) is 57.0 Å². The Morgan fingerprint density at radius 1 is 1.33 bits per heavy atom. The molecule has 2 N–H and O–H groups in total. The third kappa shape index (κ3) is 2.05. The van der Waals surface area contributed by atoms with Gasteiger partial charge in [0.05, 0.1) is 18.8 Å². The molecule has 98 valence electrons. The minimum atomic E-state index is 0.139. The second kappa shape index (κ2) is 4.76. The first-order valence-corrected chi connectivity index (χ1v) is 6.19. The summed E-state index contributed by atoms with van der Waals surface area (Å²) >= 11 is 0. The van der Waals surface area contributed by atoms with Gasteiger partial charge in [-0.15, -0.1) is 0 Å². The molecule has 0 radical (unpaired) electrons. The van der Waals surface area contributed by atoms with Crippen LogP contribution in [0.4, 0.5) is 0 Å². The van der Waals surface area contributed by atoms with Crippen LogP contribution in [0.2, 0.25) is 0 Å². The highest BCUT2D eigenvalue weighted by Crippen LogP contribution is 2.36. The van der Waals surface area contributed by atoms with E-state index in [-0.39, 0.29) is 12.1 Å². The fourth-order valence-corrected chi connectivity index (χ4v) is 2.47. The summed E-state index contributed by atoms with van der Waals surface area (Å²) in [4.78, 5) is 2.28. The first-order valence-electron chi connectivity index (χ1n) is 6.19. The molecule has 0 bridgehead atoms. The van der Waals surface area contributed by atoms with Crippen LogP contribution in [0.15, 0.2) is 18.2 Å². The number of fused-ring (bicyclic) bond motifs is 1. The lowest BCUT2D eigenvalue weighted by atomic mass is 10.0. The van der Waals surface area contributed by atoms with Crippen molar-refractivity contribution in [3.8, 4) is 11.5 Å². The number of hydrogen-bond acceptors (Lipinski definition) is 5. The fraction of sp³-hybridized carbons (Fsp3) is 0.538. The molecule has 0 aliphatic carbocycles. The molecule has 2 aliphatic rings. The number of likely N-dealkylation sites (N-methyl/N-ethyl adjacent to an activating group) is 1. The highest BCUT2D eigenvalue weighted by molar-refractivity contribution is 5.45. The van der Waals surface area contributed by atoms with Crippen molar-refractivity contribution >= 4 is 0 Å². The van der Waals surface area contributed by atoms with Gasteiger partial charge in [-0.1, -0.05) is 6.07 Å². The summed E-state index contributed by atoms with van der Waals surface area (Å²) in [7, 11) is 2.10. The summed E-state index contributed by atoms with van der Waals surface area (Å²) in [6.45, 7) is 2.40. The Kier molecular flexibility index (Phi) is 3.11. The molecular weight excluding hydrogens is 232 g/mol. The summed E-state index contributed by atoms with van der Waals surface area (Å²) in [6.07, 6.45) is 0.139. The molecule has 1 aromatic rings. The lowest BCUT2D eigenvalue weighted by molar-refractivity contribution is -0.0499. The van der Waals surface area contributed by atoms with E-state index in [1.54, 1.807) is 0 Å². The molecule has 5 nitrogen and oxygen atoms in total. The first-order chi connectivity index (χ1) is 8.78. The monoisotopic (exact) mass is 250 g/mol. The number of morpholine rings is 1. The van der Waals surface area contributed by atoms with Gasteiger partial charge in [-0.3, -0.25) is 4.90 Å². The number of benzene rings is 1. The molecule has 0 aromatic heterocycles. The number of nitrogens with two attached hydrogens (primary N) is 1. The van der Waals surface area contributed by atoms with E-state index in [9.17, 15) is 0 Å². The molecule has 2 heterocycles. The summed E-state index contributed by atoms with van der Waals surface area (Å²) in [5.74, 6) is 1.64. The molecule has 0 amide bonds. The van der Waals surface area contributed by atoms with Crippen LogP contribution < -0.4 is 15.2 Å². The van der Waals surface area contributed by atoms with E-state index in [0.29, 0.717) is 19.9 Å². The molecule has 1 saturated heterocycles. The SMILES string of the molecule is CN1CC(CN)OCC1c1ccc2c(c1)OCO2. The van der Waals surface area contributed by atoms with Crippen molar-refractivity contribution in [1.82, 2.24) is 4.90 Å². The zero-order valence-electron chi connectivity index (χ0n) is 10.5. The molecule has 0 saturated carbocycles. The third-order valence-electron chi connectivity index (χ3n) is 3.56. The molecule has 2 unspecified atom stereocenters. The van der Waals surface area contributed by atoms with Gasteiger partial charge < -0.3 is 19.9 Å². The average molecular weight is 250 g/mol. The predicted molar refractivity (Wildman–Crippen MR) is 66.7 cm³/mol. The van der Waals surface area contributed by atoms with E-state index < -0.39 is 0 Å². The van der Waals surface area contributed by atoms with Gasteiger partial charge in [0.25, 0.3) is 0 Å². The summed E-state index contributed by atoms with van der Waals surface area (Å²) in [5, 5.41) is 0.